The van der Waals surface area contributed by atoms with Gasteiger partial charge in [-0.25, -0.2) is 0 Å². The zero-order chi connectivity index (χ0) is 17.1. The van der Waals surface area contributed by atoms with Crippen molar-refractivity contribution in [2.75, 3.05) is 0 Å². The molecule has 2 nitrogen and oxygen atoms in total. The Morgan fingerprint density at radius 3 is 2.33 bits per heavy atom. The Bertz CT molecular complexity index is 949. The molecule has 24 heavy (non-hydrogen) atoms. The second-order valence-corrected chi connectivity index (χ2v) is 6.26. The monoisotopic (exact) mass is 373 g/mol. The van der Waals surface area contributed by atoms with Gasteiger partial charge in [0, 0.05) is 10.6 Å². The minimum absolute atomic E-state index is 0.400. The normalized spacial score (nSPS) is 11.3. The van der Waals surface area contributed by atoms with E-state index in [2.05, 4.69) is 6.07 Å². The Morgan fingerprint density at radius 1 is 0.917 bits per heavy atom. The molecule has 0 saturated heterocycles. The molecule has 0 aliphatic rings. The van der Waals surface area contributed by atoms with Crippen LogP contribution in [0.5, 0.6) is 0 Å². The molecule has 0 bridgehead atoms. The van der Waals surface area contributed by atoms with Crippen LogP contribution in [-0.4, -0.2) is 0 Å². The van der Waals surface area contributed by atoms with Gasteiger partial charge in [0.2, 0.25) is 0 Å². The Hall–Kier alpha value is -2.18. The van der Waals surface area contributed by atoms with Crippen LogP contribution >= 0.6 is 34.8 Å². The average Bonchev–Trinajstić information content (AvgIpc) is 3.04. The van der Waals surface area contributed by atoms with E-state index in [1.165, 1.54) is 0 Å². The summed E-state index contributed by atoms with van der Waals surface area (Å²) in [4.78, 5) is 0. The molecule has 0 spiro atoms. The van der Waals surface area contributed by atoms with Gasteiger partial charge in [0.25, 0.3) is 0 Å². The van der Waals surface area contributed by atoms with Crippen LogP contribution in [0.2, 0.25) is 15.1 Å². The Kier molecular flexibility index (Phi) is 4.97. The number of nitriles is 1. The Labute approximate surface area is 154 Å². The fourth-order valence-electron chi connectivity index (χ4n) is 2.19. The smallest absolute Gasteiger partial charge is 0.134 e. The molecule has 0 saturated carbocycles. The van der Waals surface area contributed by atoms with E-state index in [4.69, 9.17) is 39.2 Å². The molecule has 0 fully saturated rings. The highest BCUT2D eigenvalue weighted by atomic mass is 35.5. The number of halogens is 3. The van der Waals surface area contributed by atoms with Gasteiger partial charge < -0.3 is 4.42 Å². The summed E-state index contributed by atoms with van der Waals surface area (Å²) in [5.74, 6) is 1.27. The maximum Gasteiger partial charge on any atom is 0.134 e. The van der Waals surface area contributed by atoms with Gasteiger partial charge >= 0.3 is 0 Å². The molecule has 0 unspecified atom stereocenters. The summed E-state index contributed by atoms with van der Waals surface area (Å²) in [5, 5.41) is 10.9. The Balaban J connectivity index is 1.93. The summed E-state index contributed by atoms with van der Waals surface area (Å²) in [7, 11) is 0. The van der Waals surface area contributed by atoms with Gasteiger partial charge in [0.1, 0.15) is 11.5 Å². The number of hydrogen-bond donors (Lipinski definition) is 0. The predicted octanol–water partition coefficient (Wildman–Crippen LogP) is 6.97. The first-order valence-electron chi connectivity index (χ1n) is 7.00. The lowest BCUT2D eigenvalue weighted by atomic mass is 10.1. The summed E-state index contributed by atoms with van der Waals surface area (Å²) in [5.41, 5.74) is 2.02. The zero-order valence-corrected chi connectivity index (χ0v) is 14.5. The molecule has 1 heterocycles. The first kappa shape index (κ1) is 16.7. The SMILES string of the molecule is N#C/C(=C\c1ccc(-c2ccc(Cl)cc2)o1)c1ccc(Cl)c(Cl)c1. The van der Waals surface area contributed by atoms with E-state index < -0.39 is 0 Å². The van der Waals surface area contributed by atoms with E-state index in [-0.39, 0.29) is 0 Å². The van der Waals surface area contributed by atoms with Crippen molar-refractivity contribution < 1.29 is 4.42 Å². The Morgan fingerprint density at radius 2 is 1.67 bits per heavy atom. The van der Waals surface area contributed by atoms with Crippen molar-refractivity contribution in [1.82, 2.24) is 0 Å². The molecule has 3 aromatic rings. The van der Waals surface area contributed by atoms with Crippen molar-refractivity contribution in [2.45, 2.75) is 0 Å². The van der Waals surface area contributed by atoms with Gasteiger partial charge in [-0.3, -0.25) is 0 Å². The maximum absolute atomic E-state index is 9.40. The minimum Gasteiger partial charge on any atom is -0.457 e. The molecule has 3 rings (SSSR count). The first-order valence-corrected chi connectivity index (χ1v) is 8.13. The number of rotatable bonds is 3. The number of furan rings is 1. The predicted molar refractivity (Wildman–Crippen MR) is 99.1 cm³/mol. The van der Waals surface area contributed by atoms with Crippen molar-refractivity contribution in [3.8, 4) is 17.4 Å². The number of hydrogen-bond acceptors (Lipinski definition) is 2. The lowest BCUT2D eigenvalue weighted by molar-refractivity contribution is 0.572. The summed E-state index contributed by atoms with van der Waals surface area (Å²) in [6.07, 6.45) is 1.67. The lowest BCUT2D eigenvalue weighted by Crippen LogP contribution is -1.82. The van der Waals surface area contributed by atoms with Crippen molar-refractivity contribution in [3.63, 3.8) is 0 Å². The molecule has 2 aromatic carbocycles. The van der Waals surface area contributed by atoms with Crippen molar-refractivity contribution in [1.29, 1.82) is 5.26 Å². The van der Waals surface area contributed by atoms with Gasteiger partial charge in [-0.15, -0.1) is 0 Å². The van der Waals surface area contributed by atoms with E-state index in [9.17, 15) is 5.26 Å². The number of nitrogens with zero attached hydrogens (tertiary/aromatic N) is 1. The molecular weight excluding hydrogens is 365 g/mol. The molecule has 0 amide bonds. The van der Waals surface area contributed by atoms with Crippen molar-refractivity contribution in [3.05, 3.63) is 81.0 Å². The summed E-state index contributed by atoms with van der Waals surface area (Å²) in [6.45, 7) is 0. The zero-order valence-electron chi connectivity index (χ0n) is 12.3. The van der Waals surface area contributed by atoms with Crippen molar-refractivity contribution >= 4 is 46.5 Å². The summed E-state index contributed by atoms with van der Waals surface area (Å²) >= 11 is 17.8. The van der Waals surface area contributed by atoms with Crippen LogP contribution in [0.15, 0.2) is 59.0 Å². The first-order chi connectivity index (χ1) is 11.6. The molecule has 1 aromatic heterocycles. The van der Waals surface area contributed by atoms with Crippen LogP contribution in [0.3, 0.4) is 0 Å². The van der Waals surface area contributed by atoms with Crippen LogP contribution in [0.25, 0.3) is 23.0 Å². The second kappa shape index (κ2) is 7.15. The standard InChI is InChI=1S/C19H10Cl3NO/c20-15-4-1-12(2-5-15)19-8-6-16(24-19)9-14(11-23)13-3-7-17(21)18(22)10-13/h1-10H/b14-9+. The fraction of sp³-hybridized carbons (Fsp3) is 0. The molecular formula is C19H10Cl3NO. The third-order valence-electron chi connectivity index (χ3n) is 3.39. The molecule has 0 radical (unpaired) electrons. The topological polar surface area (TPSA) is 36.9 Å². The third-order valence-corrected chi connectivity index (χ3v) is 4.38. The molecule has 0 atom stereocenters. The molecule has 118 valence electrons. The lowest BCUT2D eigenvalue weighted by Gasteiger charge is -2.01. The number of allylic oxidation sites excluding steroid dienone is 1. The molecule has 0 aliphatic carbocycles. The highest BCUT2D eigenvalue weighted by molar-refractivity contribution is 6.42. The average molecular weight is 375 g/mol. The van der Waals surface area contributed by atoms with Gasteiger partial charge in [-0.1, -0.05) is 40.9 Å². The fourth-order valence-corrected chi connectivity index (χ4v) is 2.61. The van der Waals surface area contributed by atoms with Gasteiger partial charge in [-0.05, 0) is 60.2 Å². The largest absolute Gasteiger partial charge is 0.457 e. The van der Waals surface area contributed by atoms with Crippen molar-refractivity contribution in [2.24, 2.45) is 0 Å². The van der Waals surface area contributed by atoms with Crippen LogP contribution in [-0.2, 0) is 0 Å². The second-order valence-electron chi connectivity index (χ2n) is 5.01. The highest BCUT2D eigenvalue weighted by Crippen LogP contribution is 2.29. The van der Waals surface area contributed by atoms with E-state index in [1.807, 2.05) is 18.2 Å². The summed E-state index contributed by atoms with van der Waals surface area (Å²) < 4.78 is 5.79. The molecule has 5 heteroatoms. The number of benzene rings is 2. The molecule has 0 N–H and O–H groups in total. The minimum atomic E-state index is 0.400. The van der Waals surface area contributed by atoms with Gasteiger partial charge in [0.05, 0.1) is 21.7 Å². The van der Waals surface area contributed by atoms with E-state index in [1.54, 1.807) is 42.5 Å². The maximum atomic E-state index is 9.40. The molecule has 0 aliphatic heterocycles. The van der Waals surface area contributed by atoms with Crippen LogP contribution in [0, 0.1) is 11.3 Å². The van der Waals surface area contributed by atoms with Crippen LogP contribution in [0.4, 0.5) is 0 Å². The van der Waals surface area contributed by atoms with E-state index in [0.717, 1.165) is 5.56 Å². The van der Waals surface area contributed by atoms with E-state index in [0.29, 0.717) is 37.7 Å². The third kappa shape index (κ3) is 3.66. The van der Waals surface area contributed by atoms with Crippen LogP contribution in [0.1, 0.15) is 11.3 Å². The highest BCUT2D eigenvalue weighted by Gasteiger charge is 2.08. The van der Waals surface area contributed by atoms with Gasteiger partial charge in [0.15, 0.2) is 0 Å². The quantitative estimate of drug-likeness (QED) is 0.464. The van der Waals surface area contributed by atoms with Crippen LogP contribution < -0.4 is 0 Å². The van der Waals surface area contributed by atoms with E-state index >= 15 is 0 Å². The summed E-state index contributed by atoms with van der Waals surface area (Å²) in [6, 6.07) is 18.2. The van der Waals surface area contributed by atoms with Gasteiger partial charge in [-0.2, -0.15) is 5.26 Å².